The Kier molecular flexibility index (Phi) is 6.50. The number of amides is 1. The van der Waals surface area contributed by atoms with Crippen LogP contribution in [0.15, 0.2) is 48.5 Å². The van der Waals surface area contributed by atoms with E-state index >= 15 is 0 Å². The first kappa shape index (κ1) is 19.2. The summed E-state index contributed by atoms with van der Waals surface area (Å²) in [4.78, 5) is 12.0. The number of hydrogen-bond donors (Lipinski definition) is 1. The second-order valence-electron chi connectivity index (χ2n) is 5.22. The smallest absolute Gasteiger partial charge is 0.481 e. The normalized spacial score (nSPS) is 10.7. The molecule has 4 nitrogen and oxygen atoms in total. The van der Waals surface area contributed by atoms with Crippen molar-refractivity contribution >= 4 is 11.6 Å². The minimum atomic E-state index is -4.78. The first-order valence-corrected chi connectivity index (χ1v) is 7.67. The molecule has 136 valence electrons. The van der Waals surface area contributed by atoms with Gasteiger partial charge in [0.05, 0.1) is 0 Å². The number of alkyl halides is 3. The minimum absolute atomic E-state index is 0.00752. The van der Waals surface area contributed by atoms with Crippen molar-refractivity contribution in [2.45, 2.75) is 19.2 Å². The first-order valence-electron chi connectivity index (χ1n) is 7.67. The lowest BCUT2D eigenvalue weighted by Crippen LogP contribution is -2.18. The highest BCUT2D eigenvalue weighted by Crippen LogP contribution is 2.27. The van der Waals surface area contributed by atoms with Crippen molar-refractivity contribution in [3.05, 3.63) is 54.1 Å². The van der Waals surface area contributed by atoms with Crippen molar-refractivity contribution in [2.75, 3.05) is 11.9 Å². The van der Waals surface area contributed by atoms with E-state index < -0.39 is 6.36 Å². The predicted octanol–water partition coefficient (Wildman–Crippen LogP) is 4.17. The summed E-state index contributed by atoms with van der Waals surface area (Å²) < 4.78 is 46.4. The van der Waals surface area contributed by atoms with Crippen LogP contribution < -0.4 is 14.8 Å². The van der Waals surface area contributed by atoms with Gasteiger partial charge in [-0.25, -0.2) is 0 Å². The van der Waals surface area contributed by atoms with Crippen LogP contribution in [0.5, 0.6) is 11.5 Å². The van der Waals surface area contributed by atoms with E-state index in [0.29, 0.717) is 17.0 Å². The molecule has 2 aromatic rings. The van der Waals surface area contributed by atoms with Gasteiger partial charge in [-0.3, -0.25) is 4.79 Å². The van der Waals surface area contributed by atoms with Crippen LogP contribution in [-0.4, -0.2) is 18.9 Å². The maximum absolute atomic E-state index is 12.4. The molecular weight excluding hydrogens is 347 g/mol. The maximum Gasteiger partial charge on any atom is 0.573 e. The third-order valence-electron chi connectivity index (χ3n) is 3.28. The molecule has 26 heavy (non-hydrogen) atoms. The second kappa shape index (κ2) is 8.81. The Hall–Kier alpha value is -3.14. The number of para-hydroxylation sites is 1. The van der Waals surface area contributed by atoms with Gasteiger partial charge in [-0.2, -0.15) is 0 Å². The first-order chi connectivity index (χ1) is 12.4. The van der Waals surface area contributed by atoms with Crippen LogP contribution in [-0.2, 0) is 11.2 Å². The number of nitrogens with one attached hydrogen (secondary N) is 1. The monoisotopic (exact) mass is 363 g/mol. The van der Waals surface area contributed by atoms with Gasteiger partial charge < -0.3 is 14.8 Å². The molecule has 0 aliphatic heterocycles. The van der Waals surface area contributed by atoms with Crippen LogP contribution >= 0.6 is 0 Å². The van der Waals surface area contributed by atoms with Crippen LogP contribution in [0.2, 0.25) is 0 Å². The third-order valence-corrected chi connectivity index (χ3v) is 3.28. The van der Waals surface area contributed by atoms with E-state index in [9.17, 15) is 18.0 Å². The number of aryl methyl sites for hydroxylation is 1. The number of terminal acetylenes is 1. The second-order valence-corrected chi connectivity index (χ2v) is 5.22. The molecule has 2 rings (SSSR count). The molecule has 1 N–H and O–H groups in total. The number of hydrogen-bond acceptors (Lipinski definition) is 3. The number of rotatable bonds is 7. The molecule has 0 bridgehead atoms. The molecule has 0 aliphatic carbocycles. The van der Waals surface area contributed by atoms with Crippen molar-refractivity contribution in [3.8, 4) is 23.8 Å². The summed E-state index contributed by atoms with van der Waals surface area (Å²) in [7, 11) is 0. The zero-order valence-electron chi connectivity index (χ0n) is 13.7. The van der Waals surface area contributed by atoms with E-state index in [0.717, 1.165) is 0 Å². The summed E-state index contributed by atoms with van der Waals surface area (Å²) in [6, 6.07) is 12.3. The van der Waals surface area contributed by atoms with Gasteiger partial charge in [0.2, 0.25) is 5.91 Å². The highest BCUT2D eigenvalue weighted by molar-refractivity contribution is 5.90. The standard InChI is InChI=1S/C19H16F3NO3/c1-2-13-25-16-10-8-15(9-11-16)23-18(24)12-7-14-5-3-4-6-17(14)26-19(20,21)22/h1,3-6,8-11H,7,12-13H2,(H,23,24). The van der Waals surface area contributed by atoms with Gasteiger partial charge in [0.25, 0.3) is 0 Å². The molecule has 0 aliphatic rings. The average molecular weight is 363 g/mol. The Labute approximate surface area is 148 Å². The van der Waals surface area contributed by atoms with Crippen LogP contribution in [0, 0.1) is 12.3 Å². The summed E-state index contributed by atoms with van der Waals surface area (Å²) in [6.45, 7) is 0.144. The lowest BCUT2D eigenvalue weighted by atomic mass is 10.1. The summed E-state index contributed by atoms with van der Waals surface area (Å²) in [6.07, 6.45) is 0.438. The predicted molar refractivity (Wildman–Crippen MR) is 90.8 cm³/mol. The largest absolute Gasteiger partial charge is 0.573 e. The molecule has 1 amide bonds. The van der Waals surface area contributed by atoms with Crippen molar-refractivity contribution in [1.82, 2.24) is 0 Å². The van der Waals surface area contributed by atoms with Gasteiger partial charge in [-0.15, -0.1) is 19.6 Å². The Balaban J connectivity index is 1.90. The van der Waals surface area contributed by atoms with Crippen molar-refractivity contribution in [3.63, 3.8) is 0 Å². The Bertz CT molecular complexity index is 780. The number of carbonyl (C=O) groups excluding carboxylic acids is 1. The zero-order chi connectivity index (χ0) is 19.0. The Morgan fingerprint density at radius 1 is 1.12 bits per heavy atom. The molecule has 0 saturated carbocycles. The highest BCUT2D eigenvalue weighted by atomic mass is 19.4. The quantitative estimate of drug-likeness (QED) is 0.751. The van der Waals surface area contributed by atoms with E-state index in [1.807, 2.05) is 0 Å². The zero-order valence-corrected chi connectivity index (χ0v) is 13.7. The molecule has 0 spiro atoms. The fraction of sp³-hybridized carbons (Fsp3) is 0.211. The number of halogens is 3. The topological polar surface area (TPSA) is 47.6 Å². The van der Waals surface area contributed by atoms with E-state index in [1.165, 1.54) is 18.2 Å². The number of carbonyl (C=O) groups is 1. The lowest BCUT2D eigenvalue weighted by molar-refractivity contribution is -0.274. The summed E-state index contributed by atoms with van der Waals surface area (Å²) in [5.74, 6) is 2.28. The van der Waals surface area contributed by atoms with Gasteiger partial charge in [-0.05, 0) is 42.3 Å². The van der Waals surface area contributed by atoms with E-state index in [-0.39, 0.29) is 31.1 Å². The fourth-order valence-electron chi connectivity index (χ4n) is 2.17. The van der Waals surface area contributed by atoms with Gasteiger partial charge in [-0.1, -0.05) is 24.1 Å². The molecule has 0 aromatic heterocycles. The van der Waals surface area contributed by atoms with Gasteiger partial charge >= 0.3 is 6.36 Å². The molecule has 0 saturated heterocycles. The van der Waals surface area contributed by atoms with Crippen molar-refractivity contribution in [1.29, 1.82) is 0 Å². The summed E-state index contributed by atoms with van der Waals surface area (Å²) in [5, 5.41) is 2.67. The molecule has 7 heteroatoms. The SMILES string of the molecule is C#CCOc1ccc(NC(=O)CCc2ccccc2OC(F)(F)F)cc1. The third kappa shape index (κ3) is 6.40. The summed E-state index contributed by atoms with van der Waals surface area (Å²) >= 11 is 0. The average Bonchev–Trinajstić information content (AvgIpc) is 2.59. The van der Waals surface area contributed by atoms with Gasteiger partial charge in [0.15, 0.2) is 0 Å². The van der Waals surface area contributed by atoms with Crippen LogP contribution in [0.4, 0.5) is 18.9 Å². The van der Waals surface area contributed by atoms with E-state index in [4.69, 9.17) is 11.2 Å². The molecule has 0 radical (unpaired) electrons. The van der Waals surface area contributed by atoms with Crippen molar-refractivity contribution in [2.24, 2.45) is 0 Å². The summed E-state index contributed by atoms with van der Waals surface area (Å²) in [5.41, 5.74) is 0.848. The Morgan fingerprint density at radius 2 is 1.81 bits per heavy atom. The van der Waals surface area contributed by atoms with Gasteiger partial charge in [0, 0.05) is 12.1 Å². The highest BCUT2D eigenvalue weighted by Gasteiger charge is 2.31. The molecule has 0 unspecified atom stereocenters. The Morgan fingerprint density at radius 3 is 2.46 bits per heavy atom. The lowest BCUT2D eigenvalue weighted by Gasteiger charge is -2.13. The van der Waals surface area contributed by atoms with Gasteiger partial charge in [0.1, 0.15) is 18.1 Å². The number of benzene rings is 2. The van der Waals surface area contributed by atoms with Crippen LogP contribution in [0.1, 0.15) is 12.0 Å². The number of anilines is 1. The minimum Gasteiger partial charge on any atom is -0.481 e. The number of ether oxygens (including phenoxy) is 2. The molecule has 0 atom stereocenters. The maximum atomic E-state index is 12.4. The molecule has 2 aromatic carbocycles. The van der Waals surface area contributed by atoms with E-state index in [2.05, 4.69) is 16.0 Å². The van der Waals surface area contributed by atoms with Crippen LogP contribution in [0.25, 0.3) is 0 Å². The molecule has 0 heterocycles. The fourth-order valence-corrected chi connectivity index (χ4v) is 2.17. The molecular formula is C19H16F3NO3. The molecule has 0 fully saturated rings. The van der Waals surface area contributed by atoms with E-state index in [1.54, 1.807) is 30.3 Å². The van der Waals surface area contributed by atoms with Crippen molar-refractivity contribution < 1.29 is 27.4 Å². The van der Waals surface area contributed by atoms with Crippen LogP contribution in [0.3, 0.4) is 0 Å².